The number of aromatic nitrogens is 2. The molecule has 5 nitrogen and oxygen atoms in total. The van der Waals surface area contributed by atoms with Gasteiger partial charge in [0.15, 0.2) is 0 Å². The number of benzene rings is 1. The van der Waals surface area contributed by atoms with Crippen molar-refractivity contribution < 1.29 is 9.59 Å². The SMILES string of the molecule is Cn1c(Cl)cnc1CN1C(=O)C(=O)c2cccc(Br)c21. The Bertz CT molecular complexity index is 741. The molecule has 102 valence electrons. The van der Waals surface area contributed by atoms with Crippen molar-refractivity contribution in [3.63, 3.8) is 0 Å². The number of nitrogens with zero attached hydrogens (tertiary/aromatic N) is 3. The Balaban J connectivity index is 2.05. The van der Waals surface area contributed by atoms with Crippen LogP contribution in [0.5, 0.6) is 0 Å². The maximum absolute atomic E-state index is 12.1. The van der Waals surface area contributed by atoms with E-state index in [4.69, 9.17) is 11.6 Å². The molecular weight excluding hydrogens is 346 g/mol. The summed E-state index contributed by atoms with van der Waals surface area (Å²) in [4.78, 5) is 29.7. The topological polar surface area (TPSA) is 55.2 Å². The number of para-hydroxylation sites is 1. The Morgan fingerprint density at radius 1 is 1.35 bits per heavy atom. The zero-order chi connectivity index (χ0) is 14.4. The molecule has 1 aromatic heterocycles. The van der Waals surface area contributed by atoms with Crippen LogP contribution in [-0.2, 0) is 18.4 Å². The normalized spacial score (nSPS) is 14.1. The predicted octanol–water partition coefficient (Wildman–Crippen LogP) is 2.57. The minimum absolute atomic E-state index is 0.198. The Morgan fingerprint density at radius 2 is 2.10 bits per heavy atom. The van der Waals surface area contributed by atoms with Gasteiger partial charge in [-0.3, -0.25) is 14.5 Å². The second kappa shape index (κ2) is 4.71. The quantitative estimate of drug-likeness (QED) is 0.779. The molecule has 0 radical (unpaired) electrons. The van der Waals surface area contributed by atoms with Gasteiger partial charge in [-0.15, -0.1) is 0 Å². The molecule has 0 spiro atoms. The van der Waals surface area contributed by atoms with Gasteiger partial charge in [-0.25, -0.2) is 4.98 Å². The highest BCUT2D eigenvalue weighted by Gasteiger charge is 2.37. The summed E-state index contributed by atoms with van der Waals surface area (Å²) in [6.07, 6.45) is 1.51. The van der Waals surface area contributed by atoms with Gasteiger partial charge in [0.2, 0.25) is 0 Å². The summed E-state index contributed by atoms with van der Waals surface area (Å²) in [7, 11) is 1.76. The highest BCUT2D eigenvalue weighted by atomic mass is 79.9. The molecule has 2 aromatic rings. The van der Waals surface area contributed by atoms with Crippen molar-refractivity contribution in [2.75, 3.05) is 4.90 Å². The van der Waals surface area contributed by atoms with Crippen molar-refractivity contribution in [1.29, 1.82) is 0 Å². The Morgan fingerprint density at radius 3 is 2.75 bits per heavy atom. The fourth-order valence-corrected chi connectivity index (χ4v) is 2.90. The van der Waals surface area contributed by atoms with Gasteiger partial charge >= 0.3 is 0 Å². The van der Waals surface area contributed by atoms with E-state index in [0.29, 0.717) is 26.7 Å². The van der Waals surface area contributed by atoms with E-state index in [1.54, 1.807) is 29.8 Å². The number of fused-ring (bicyclic) bond motifs is 1. The van der Waals surface area contributed by atoms with Crippen LogP contribution in [0.25, 0.3) is 0 Å². The molecule has 0 aliphatic carbocycles. The van der Waals surface area contributed by atoms with Crippen LogP contribution in [-0.4, -0.2) is 21.2 Å². The van der Waals surface area contributed by atoms with Crippen LogP contribution in [0.3, 0.4) is 0 Å². The molecular formula is C13H9BrClN3O2. The van der Waals surface area contributed by atoms with Crippen molar-refractivity contribution in [2.24, 2.45) is 7.05 Å². The second-order valence-electron chi connectivity index (χ2n) is 4.41. The van der Waals surface area contributed by atoms with Crippen molar-refractivity contribution in [1.82, 2.24) is 9.55 Å². The van der Waals surface area contributed by atoms with Gasteiger partial charge in [-0.1, -0.05) is 17.7 Å². The molecule has 7 heteroatoms. The number of anilines is 1. The fraction of sp³-hybridized carbons (Fsp3) is 0.154. The van der Waals surface area contributed by atoms with Crippen LogP contribution in [0.4, 0.5) is 5.69 Å². The number of carbonyl (C=O) groups is 2. The molecule has 0 N–H and O–H groups in total. The lowest BCUT2D eigenvalue weighted by atomic mass is 10.1. The van der Waals surface area contributed by atoms with E-state index in [1.165, 1.54) is 11.1 Å². The van der Waals surface area contributed by atoms with Crippen LogP contribution < -0.4 is 4.90 Å². The van der Waals surface area contributed by atoms with E-state index in [-0.39, 0.29) is 6.54 Å². The minimum Gasteiger partial charge on any atom is -0.321 e. The molecule has 0 atom stereocenters. The fourth-order valence-electron chi connectivity index (χ4n) is 2.18. The predicted molar refractivity (Wildman–Crippen MR) is 77.9 cm³/mol. The molecule has 0 bridgehead atoms. The lowest BCUT2D eigenvalue weighted by molar-refractivity contribution is -0.114. The average molecular weight is 355 g/mol. The van der Waals surface area contributed by atoms with E-state index in [0.717, 1.165) is 0 Å². The van der Waals surface area contributed by atoms with E-state index in [9.17, 15) is 9.59 Å². The number of Topliss-reactive ketones (excluding diaryl/α,β-unsaturated/α-hetero) is 1. The van der Waals surface area contributed by atoms with Crippen LogP contribution in [0.15, 0.2) is 28.9 Å². The zero-order valence-corrected chi connectivity index (χ0v) is 12.8. The first-order chi connectivity index (χ1) is 9.50. The summed E-state index contributed by atoms with van der Waals surface area (Å²) in [6, 6.07) is 5.17. The lowest BCUT2D eigenvalue weighted by Crippen LogP contribution is -2.30. The summed E-state index contributed by atoms with van der Waals surface area (Å²) in [5.41, 5.74) is 0.992. The van der Waals surface area contributed by atoms with Gasteiger partial charge in [0.05, 0.1) is 24.0 Å². The molecule has 0 unspecified atom stereocenters. The summed E-state index contributed by atoms with van der Waals surface area (Å²) in [5, 5.41) is 0.477. The van der Waals surface area contributed by atoms with E-state index < -0.39 is 11.7 Å². The first kappa shape index (κ1) is 13.3. The second-order valence-corrected chi connectivity index (χ2v) is 5.65. The van der Waals surface area contributed by atoms with E-state index in [1.807, 2.05) is 0 Å². The van der Waals surface area contributed by atoms with Gasteiger partial charge in [0.1, 0.15) is 11.0 Å². The number of hydrogen-bond acceptors (Lipinski definition) is 3. The first-order valence-corrected chi connectivity index (χ1v) is 6.98. The maximum Gasteiger partial charge on any atom is 0.299 e. The maximum atomic E-state index is 12.1. The molecule has 0 saturated carbocycles. The molecule has 1 amide bonds. The third-order valence-corrected chi connectivity index (χ3v) is 4.26. The first-order valence-electron chi connectivity index (χ1n) is 5.81. The largest absolute Gasteiger partial charge is 0.321 e. The number of halogens is 2. The average Bonchev–Trinajstić information content (AvgIpc) is 2.86. The molecule has 1 aromatic carbocycles. The minimum atomic E-state index is -0.550. The van der Waals surface area contributed by atoms with E-state index in [2.05, 4.69) is 20.9 Å². The smallest absolute Gasteiger partial charge is 0.299 e. The number of carbonyl (C=O) groups excluding carboxylic acids is 2. The third kappa shape index (κ3) is 1.87. The van der Waals surface area contributed by atoms with Gasteiger partial charge in [-0.05, 0) is 28.1 Å². The summed E-state index contributed by atoms with van der Waals surface area (Å²) >= 11 is 9.31. The van der Waals surface area contributed by atoms with Gasteiger partial charge in [0.25, 0.3) is 11.7 Å². The lowest BCUT2D eigenvalue weighted by Gasteiger charge is -2.17. The Hall–Kier alpha value is -1.66. The van der Waals surface area contributed by atoms with Gasteiger partial charge in [0, 0.05) is 11.5 Å². The summed E-state index contributed by atoms with van der Waals surface area (Å²) in [5.74, 6) is -0.438. The highest BCUT2D eigenvalue weighted by Crippen LogP contribution is 2.36. The van der Waals surface area contributed by atoms with Gasteiger partial charge < -0.3 is 4.57 Å². The number of hydrogen-bond donors (Lipinski definition) is 0. The summed E-state index contributed by atoms with van der Waals surface area (Å²) in [6.45, 7) is 0.198. The molecule has 3 rings (SSSR count). The van der Waals surface area contributed by atoms with Crippen molar-refractivity contribution in [3.8, 4) is 0 Å². The van der Waals surface area contributed by atoms with Gasteiger partial charge in [-0.2, -0.15) is 0 Å². The number of ketones is 1. The molecule has 1 aliphatic heterocycles. The molecule has 0 fully saturated rings. The molecule has 2 heterocycles. The van der Waals surface area contributed by atoms with E-state index >= 15 is 0 Å². The van der Waals surface area contributed by atoms with Crippen LogP contribution >= 0.6 is 27.5 Å². The third-order valence-electron chi connectivity index (χ3n) is 3.27. The Kier molecular flexibility index (Phi) is 3.14. The standard InChI is InChI=1S/C13H9BrClN3O2/c1-17-9(15)5-16-10(17)6-18-11-7(12(19)13(18)20)3-2-4-8(11)14/h2-5H,6H2,1H3. The van der Waals surface area contributed by atoms with Crippen molar-refractivity contribution in [2.45, 2.75) is 6.54 Å². The molecule has 20 heavy (non-hydrogen) atoms. The number of rotatable bonds is 2. The van der Waals surface area contributed by atoms with Crippen molar-refractivity contribution >= 4 is 44.9 Å². The van der Waals surface area contributed by atoms with Crippen LogP contribution in [0.1, 0.15) is 16.2 Å². The molecule has 0 saturated heterocycles. The zero-order valence-electron chi connectivity index (χ0n) is 10.4. The van der Waals surface area contributed by atoms with Crippen LogP contribution in [0, 0.1) is 0 Å². The number of imidazole rings is 1. The highest BCUT2D eigenvalue weighted by molar-refractivity contribution is 9.10. The van der Waals surface area contributed by atoms with Crippen LogP contribution in [0.2, 0.25) is 5.15 Å². The monoisotopic (exact) mass is 353 g/mol. The summed E-state index contributed by atoms with van der Waals surface area (Å²) < 4.78 is 2.38. The van der Waals surface area contributed by atoms with Crippen molar-refractivity contribution in [3.05, 3.63) is 45.4 Å². The Labute approximate surface area is 128 Å². The molecule has 1 aliphatic rings. The number of amides is 1.